The molecular weight excluding hydrogens is 322 g/mol. The number of aromatic nitrogens is 4. The number of rotatable bonds is 1. The minimum Gasteiger partial charge on any atom is -0.382 e. The Labute approximate surface area is 151 Å². The van der Waals surface area contributed by atoms with Crippen molar-refractivity contribution >= 4 is 27.8 Å². The van der Waals surface area contributed by atoms with Crippen LogP contribution in [0.3, 0.4) is 0 Å². The van der Waals surface area contributed by atoms with Crippen molar-refractivity contribution in [3.63, 3.8) is 0 Å². The fourth-order valence-electron chi connectivity index (χ4n) is 3.86. The standard InChI is InChI=1S/C21H19N5/c22-20-18-12-15(16-7-9-23-21-17(16)8-10-24-21)11-14(19(18)25-26-20)6-5-13-3-1-2-4-13/h7-13H,1-4H2,(H,23,24)(H3,22,25,26). The van der Waals surface area contributed by atoms with Crippen molar-refractivity contribution in [1.82, 2.24) is 20.2 Å². The number of anilines is 1. The molecule has 1 aliphatic rings. The molecule has 0 radical (unpaired) electrons. The van der Waals surface area contributed by atoms with E-state index < -0.39 is 0 Å². The molecule has 128 valence electrons. The summed E-state index contributed by atoms with van der Waals surface area (Å²) in [5, 5.41) is 9.24. The number of hydrogen-bond donors (Lipinski definition) is 3. The third-order valence-electron chi connectivity index (χ3n) is 5.24. The second-order valence-corrected chi connectivity index (χ2v) is 6.90. The highest BCUT2D eigenvalue weighted by molar-refractivity contribution is 6.00. The zero-order valence-corrected chi connectivity index (χ0v) is 14.3. The van der Waals surface area contributed by atoms with Crippen LogP contribution in [-0.2, 0) is 0 Å². The number of nitrogen functional groups attached to an aromatic ring is 1. The summed E-state index contributed by atoms with van der Waals surface area (Å²) in [5.41, 5.74) is 11.0. The number of aromatic amines is 2. The first-order valence-electron chi connectivity index (χ1n) is 9.01. The summed E-state index contributed by atoms with van der Waals surface area (Å²) < 4.78 is 0. The molecule has 0 saturated heterocycles. The van der Waals surface area contributed by atoms with E-state index in [0.29, 0.717) is 11.7 Å². The van der Waals surface area contributed by atoms with Crippen molar-refractivity contribution in [2.24, 2.45) is 5.92 Å². The van der Waals surface area contributed by atoms with Gasteiger partial charge in [0.05, 0.1) is 11.1 Å². The Balaban J connectivity index is 1.71. The summed E-state index contributed by atoms with van der Waals surface area (Å²) in [4.78, 5) is 7.55. The van der Waals surface area contributed by atoms with Crippen LogP contribution >= 0.6 is 0 Å². The molecule has 5 heteroatoms. The van der Waals surface area contributed by atoms with Gasteiger partial charge in [-0.1, -0.05) is 24.7 Å². The zero-order chi connectivity index (χ0) is 17.5. The molecule has 0 amide bonds. The average Bonchev–Trinajstić information content (AvgIpc) is 3.40. The summed E-state index contributed by atoms with van der Waals surface area (Å²) in [6.45, 7) is 0. The minimum absolute atomic E-state index is 0.505. The number of benzene rings is 1. The van der Waals surface area contributed by atoms with Gasteiger partial charge >= 0.3 is 0 Å². The van der Waals surface area contributed by atoms with Gasteiger partial charge in [0, 0.05) is 29.1 Å². The summed E-state index contributed by atoms with van der Waals surface area (Å²) >= 11 is 0. The number of nitrogens with one attached hydrogen (secondary N) is 2. The Morgan fingerprint density at radius 2 is 2.00 bits per heavy atom. The molecule has 0 spiro atoms. The maximum Gasteiger partial charge on any atom is 0.153 e. The van der Waals surface area contributed by atoms with Crippen molar-refractivity contribution in [2.75, 3.05) is 5.73 Å². The lowest BCUT2D eigenvalue weighted by molar-refractivity contribution is 0.712. The number of nitrogens with two attached hydrogens (primary N) is 1. The van der Waals surface area contributed by atoms with E-state index in [-0.39, 0.29) is 0 Å². The first-order chi connectivity index (χ1) is 12.8. The lowest BCUT2D eigenvalue weighted by atomic mass is 9.98. The van der Waals surface area contributed by atoms with Crippen LogP contribution in [0.1, 0.15) is 31.2 Å². The van der Waals surface area contributed by atoms with Gasteiger partial charge in [-0.05, 0) is 48.2 Å². The van der Waals surface area contributed by atoms with Crippen LogP contribution in [-0.4, -0.2) is 20.2 Å². The molecule has 1 aliphatic carbocycles. The van der Waals surface area contributed by atoms with Crippen LogP contribution in [0.5, 0.6) is 0 Å². The smallest absolute Gasteiger partial charge is 0.153 e. The SMILES string of the molecule is Nc1n[nH]c2c(C#CC3CCCC3)cc(-c3ccnc4[nH]ccc34)cc12. The molecule has 0 aliphatic heterocycles. The van der Waals surface area contributed by atoms with Gasteiger partial charge in [0.15, 0.2) is 5.82 Å². The summed E-state index contributed by atoms with van der Waals surface area (Å²) in [6, 6.07) is 8.28. The predicted octanol–water partition coefficient (Wildman–Crippen LogP) is 4.23. The molecule has 1 fully saturated rings. The second-order valence-electron chi connectivity index (χ2n) is 6.90. The molecule has 0 bridgehead atoms. The minimum atomic E-state index is 0.505. The fraction of sp³-hybridized carbons (Fsp3) is 0.238. The second kappa shape index (κ2) is 5.92. The van der Waals surface area contributed by atoms with E-state index in [9.17, 15) is 0 Å². The van der Waals surface area contributed by atoms with Gasteiger partial charge in [0.2, 0.25) is 0 Å². The molecule has 0 atom stereocenters. The van der Waals surface area contributed by atoms with Crippen LogP contribution in [0.25, 0.3) is 33.1 Å². The zero-order valence-electron chi connectivity index (χ0n) is 14.3. The van der Waals surface area contributed by atoms with E-state index >= 15 is 0 Å². The van der Waals surface area contributed by atoms with E-state index in [0.717, 1.165) is 38.6 Å². The molecular formula is C21H19N5. The van der Waals surface area contributed by atoms with Crippen molar-refractivity contribution in [3.8, 4) is 23.0 Å². The van der Waals surface area contributed by atoms with E-state index in [1.165, 1.54) is 25.7 Å². The van der Waals surface area contributed by atoms with Gasteiger partial charge in [-0.15, -0.1) is 0 Å². The lowest BCUT2D eigenvalue weighted by Gasteiger charge is -2.06. The van der Waals surface area contributed by atoms with E-state index in [4.69, 9.17) is 5.73 Å². The van der Waals surface area contributed by atoms with Crippen molar-refractivity contribution in [3.05, 3.63) is 42.2 Å². The van der Waals surface area contributed by atoms with Gasteiger partial charge in [0.25, 0.3) is 0 Å². The molecule has 1 aromatic carbocycles. The van der Waals surface area contributed by atoms with Crippen molar-refractivity contribution in [2.45, 2.75) is 25.7 Å². The number of pyridine rings is 1. The van der Waals surface area contributed by atoms with Crippen LogP contribution in [0, 0.1) is 17.8 Å². The van der Waals surface area contributed by atoms with Gasteiger partial charge in [-0.25, -0.2) is 4.98 Å². The number of hydrogen-bond acceptors (Lipinski definition) is 3. The Morgan fingerprint density at radius 3 is 2.88 bits per heavy atom. The molecule has 1 saturated carbocycles. The Hall–Kier alpha value is -3.26. The number of H-pyrrole nitrogens is 2. The first kappa shape index (κ1) is 15.0. The van der Waals surface area contributed by atoms with Gasteiger partial charge < -0.3 is 10.7 Å². The topological polar surface area (TPSA) is 83.4 Å². The number of nitrogens with zero attached hydrogens (tertiary/aromatic N) is 2. The molecule has 3 heterocycles. The van der Waals surface area contributed by atoms with Crippen LogP contribution in [0.15, 0.2) is 36.7 Å². The summed E-state index contributed by atoms with van der Waals surface area (Å²) in [7, 11) is 0. The highest BCUT2D eigenvalue weighted by atomic mass is 15.1. The summed E-state index contributed by atoms with van der Waals surface area (Å²) in [6.07, 6.45) is 8.71. The molecule has 5 nitrogen and oxygen atoms in total. The van der Waals surface area contributed by atoms with Gasteiger partial charge in [0.1, 0.15) is 5.65 Å². The van der Waals surface area contributed by atoms with Gasteiger partial charge in [-0.3, -0.25) is 5.10 Å². The Bertz CT molecular complexity index is 1170. The van der Waals surface area contributed by atoms with Gasteiger partial charge in [-0.2, -0.15) is 5.10 Å². The highest BCUT2D eigenvalue weighted by Gasteiger charge is 2.14. The maximum atomic E-state index is 6.09. The van der Waals surface area contributed by atoms with Crippen molar-refractivity contribution < 1.29 is 0 Å². The monoisotopic (exact) mass is 341 g/mol. The van der Waals surface area contributed by atoms with Crippen LogP contribution < -0.4 is 5.73 Å². The third kappa shape index (κ3) is 2.42. The quantitative estimate of drug-likeness (QED) is 0.453. The van der Waals surface area contributed by atoms with Crippen LogP contribution in [0.4, 0.5) is 5.82 Å². The van der Waals surface area contributed by atoms with E-state index in [2.05, 4.69) is 44.1 Å². The number of fused-ring (bicyclic) bond motifs is 2. The molecule has 26 heavy (non-hydrogen) atoms. The molecule has 4 aromatic rings. The normalized spacial score (nSPS) is 14.8. The lowest BCUT2D eigenvalue weighted by Crippen LogP contribution is -1.90. The molecule has 4 N–H and O–H groups in total. The fourth-order valence-corrected chi connectivity index (χ4v) is 3.86. The predicted molar refractivity (Wildman–Crippen MR) is 104 cm³/mol. The largest absolute Gasteiger partial charge is 0.382 e. The summed E-state index contributed by atoms with van der Waals surface area (Å²) in [5.74, 6) is 7.86. The maximum absolute atomic E-state index is 6.09. The third-order valence-corrected chi connectivity index (χ3v) is 5.24. The molecule has 0 unspecified atom stereocenters. The Morgan fingerprint density at radius 1 is 1.12 bits per heavy atom. The van der Waals surface area contributed by atoms with Crippen LogP contribution in [0.2, 0.25) is 0 Å². The van der Waals surface area contributed by atoms with E-state index in [1.807, 2.05) is 24.5 Å². The molecule has 5 rings (SSSR count). The highest BCUT2D eigenvalue weighted by Crippen LogP contribution is 2.33. The van der Waals surface area contributed by atoms with Crippen molar-refractivity contribution in [1.29, 1.82) is 0 Å². The van der Waals surface area contributed by atoms with E-state index in [1.54, 1.807) is 0 Å². The average molecular weight is 341 g/mol. The Kier molecular flexibility index (Phi) is 3.42. The first-order valence-corrected chi connectivity index (χ1v) is 9.01. The molecule has 3 aromatic heterocycles.